The van der Waals surface area contributed by atoms with Gasteiger partial charge in [-0.15, -0.1) is 0 Å². The zero-order valence-corrected chi connectivity index (χ0v) is 14.0. The molecular formula is C17H31N3O2. The largest absolute Gasteiger partial charge is 0.396 e. The summed E-state index contributed by atoms with van der Waals surface area (Å²) in [6, 6.07) is 9.93. The quantitative estimate of drug-likeness (QED) is 0.578. The van der Waals surface area contributed by atoms with Crippen LogP contribution in [0.4, 0.5) is 0 Å². The summed E-state index contributed by atoms with van der Waals surface area (Å²) >= 11 is 0. The van der Waals surface area contributed by atoms with Crippen LogP contribution in [-0.4, -0.2) is 43.3 Å². The first-order valence-electron chi connectivity index (χ1n) is 7.84. The summed E-state index contributed by atoms with van der Waals surface area (Å²) in [4.78, 5) is 11.6. The molecule has 1 rings (SSSR count). The van der Waals surface area contributed by atoms with Crippen molar-refractivity contribution in [3.8, 4) is 0 Å². The molecule has 1 aromatic rings. The van der Waals surface area contributed by atoms with Gasteiger partial charge in [-0.2, -0.15) is 0 Å². The Bertz CT molecular complexity index is 383. The average molecular weight is 309 g/mol. The molecule has 0 heterocycles. The third kappa shape index (κ3) is 11.3. The van der Waals surface area contributed by atoms with Gasteiger partial charge in [0.1, 0.15) is 0 Å². The number of hydrogen-bond donors (Lipinski definition) is 4. The van der Waals surface area contributed by atoms with E-state index < -0.39 is 0 Å². The standard InChI is InChI=1S/C10H23N3O2.C7H8/c1-8(2)7-13-10(15)9(3-6-14)12-5-4-11;1-7-5-3-2-4-6-7/h8-9,12,14H,3-7,11H2,1-2H3,(H,13,15);2-6H,1H3/t9-;/m0./s1. The number of benzene rings is 1. The monoisotopic (exact) mass is 309 g/mol. The van der Waals surface area contributed by atoms with Crippen LogP contribution in [0.15, 0.2) is 30.3 Å². The maximum Gasteiger partial charge on any atom is 0.237 e. The van der Waals surface area contributed by atoms with E-state index in [1.54, 1.807) is 0 Å². The summed E-state index contributed by atoms with van der Waals surface area (Å²) < 4.78 is 0. The number of aryl methyl sites for hydroxylation is 1. The molecule has 5 heteroatoms. The topological polar surface area (TPSA) is 87.4 Å². The minimum atomic E-state index is -0.336. The van der Waals surface area contributed by atoms with Crippen LogP contribution >= 0.6 is 0 Å². The first-order valence-corrected chi connectivity index (χ1v) is 7.84. The lowest BCUT2D eigenvalue weighted by Crippen LogP contribution is -2.47. The maximum absolute atomic E-state index is 11.6. The number of aliphatic hydroxyl groups is 1. The lowest BCUT2D eigenvalue weighted by molar-refractivity contribution is -0.123. The van der Waals surface area contributed by atoms with E-state index in [1.165, 1.54) is 5.56 Å². The smallest absolute Gasteiger partial charge is 0.237 e. The molecule has 5 N–H and O–H groups in total. The van der Waals surface area contributed by atoms with Gasteiger partial charge in [0, 0.05) is 26.2 Å². The summed E-state index contributed by atoms with van der Waals surface area (Å²) in [5, 5.41) is 14.6. The van der Waals surface area contributed by atoms with Gasteiger partial charge in [-0.25, -0.2) is 0 Å². The van der Waals surface area contributed by atoms with Crippen LogP contribution < -0.4 is 16.4 Å². The second-order valence-electron chi connectivity index (χ2n) is 5.60. The molecule has 0 aliphatic carbocycles. The third-order valence-electron chi connectivity index (χ3n) is 2.89. The predicted molar refractivity (Wildman–Crippen MR) is 91.6 cm³/mol. The Labute approximate surface area is 134 Å². The van der Waals surface area contributed by atoms with Gasteiger partial charge >= 0.3 is 0 Å². The van der Waals surface area contributed by atoms with Gasteiger partial charge in [0.2, 0.25) is 5.91 Å². The molecule has 0 fully saturated rings. The highest BCUT2D eigenvalue weighted by atomic mass is 16.3. The van der Waals surface area contributed by atoms with Gasteiger partial charge < -0.3 is 21.5 Å². The Morgan fingerprint density at radius 1 is 1.27 bits per heavy atom. The molecule has 1 amide bonds. The highest BCUT2D eigenvalue weighted by Crippen LogP contribution is 1.94. The lowest BCUT2D eigenvalue weighted by atomic mass is 10.1. The van der Waals surface area contributed by atoms with Gasteiger partial charge in [-0.3, -0.25) is 4.79 Å². The molecule has 0 radical (unpaired) electrons. The third-order valence-corrected chi connectivity index (χ3v) is 2.89. The Kier molecular flexibility index (Phi) is 12.4. The van der Waals surface area contributed by atoms with Crippen LogP contribution in [0.3, 0.4) is 0 Å². The van der Waals surface area contributed by atoms with Crippen LogP contribution in [0.1, 0.15) is 25.8 Å². The molecule has 0 aliphatic heterocycles. The first-order chi connectivity index (χ1) is 10.5. The minimum Gasteiger partial charge on any atom is -0.396 e. The van der Waals surface area contributed by atoms with Gasteiger partial charge in [-0.05, 0) is 19.3 Å². The fraction of sp³-hybridized carbons (Fsp3) is 0.588. The van der Waals surface area contributed by atoms with E-state index in [-0.39, 0.29) is 18.6 Å². The first kappa shape index (κ1) is 20.6. The van der Waals surface area contributed by atoms with E-state index in [2.05, 4.69) is 29.7 Å². The Balaban J connectivity index is 0.000000518. The van der Waals surface area contributed by atoms with Crippen molar-refractivity contribution < 1.29 is 9.90 Å². The molecule has 0 aromatic heterocycles. The van der Waals surface area contributed by atoms with E-state index in [4.69, 9.17) is 10.8 Å². The molecule has 0 spiro atoms. The molecule has 0 aliphatic rings. The van der Waals surface area contributed by atoms with Crippen molar-refractivity contribution in [3.05, 3.63) is 35.9 Å². The number of amides is 1. The number of nitrogens with two attached hydrogens (primary N) is 1. The van der Waals surface area contributed by atoms with Crippen molar-refractivity contribution in [2.45, 2.75) is 33.2 Å². The molecule has 0 saturated heterocycles. The number of hydrogen-bond acceptors (Lipinski definition) is 4. The molecule has 0 saturated carbocycles. The molecule has 1 atom stereocenters. The van der Waals surface area contributed by atoms with E-state index >= 15 is 0 Å². The van der Waals surface area contributed by atoms with Crippen molar-refractivity contribution in [1.29, 1.82) is 0 Å². The van der Waals surface area contributed by atoms with E-state index in [0.29, 0.717) is 32.0 Å². The van der Waals surface area contributed by atoms with Gasteiger partial charge in [0.05, 0.1) is 6.04 Å². The number of nitrogens with one attached hydrogen (secondary N) is 2. The van der Waals surface area contributed by atoms with E-state index in [1.807, 2.05) is 32.0 Å². The molecule has 126 valence electrons. The van der Waals surface area contributed by atoms with Gasteiger partial charge in [0.15, 0.2) is 0 Å². The Morgan fingerprint density at radius 3 is 2.32 bits per heavy atom. The molecule has 0 unspecified atom stereocenters. The van der Waals surface area contributed by atoms with Crippen molar-refractivity contribution in [1.82, 2.24) is 10.6 Å². The summed E-state index contributed by atoms with van der Waals surface area (Å²) in [6.07, 6.45) is 0.421. The summed E-state index contributed by atoms with van der Waals surface area (Å²) in [5.41, 5.74) is 6.66. The summed E-state index contributed by atoms with van der Waals surface area (Å²) in [5.74, 6) is 0.365. The SMILES string of the molecule is CC(C)CNC(=O)[C@H](CCO)NCCN.Cc1ccccc1. The average Bonchev–Trinajstić information content (AvgIpc) is 2.50. The van der Waals surface area contributed by atoms with Crippen molar-refractivity contribution in [2.24, 2.45) is 11.7 Å². The Hall–Kier alpha value is -1.43. The lowest BCUT2D eigenvalue weighted by Gasteiger charge is -2.17. The number of carbonyl (C=O) groups is 1. The minimum absolute atomic E-state index is 0.00264. The van der Waals surface area contributed by atoms with Crippen molar-refractivity contribution >= 4 is 5.91 Å². The van der Waals surface area contributed by atoms with Crippen LogP contribution in [0, 0.1) is 12.8 Å². The number of rotatable bonds is 8. The van der Waals surface area contributed by atoms with Crippen LogP contribution in [-0.2, 0) is 4.79 Å². The van der Waals surface area contributed by atoms with E-state index in [0.717, 1.165) is 0 Å². The zero-order chi connectivity index (χ0) is 16.8. The van der Waals surface area contributed by atoms with Gasteiger partial charge in [0.25, 0.3) is 0 Å². The number of carbonyl (C=O) groups excluding carboxylic acids is 1. The maximum atomic E-state index is 11.6. The number of aliphatic hydroxyl groups excluding tert-OH is 1. The second kappa shape index (κ2) is 13.2. The fourth-order valence-electron chi connectivity index (χ4n) is 1.67. The molecule has 22 heavy (non-hydrogen) atoms. The molecule has 5 nitrogen and oxygen atoms in total. The zero-order valence-electron chi connectivity index (χ0n) is 14.0. The van der Waals surface area contributed by atoms with Crippen molar-refractivity contribution in [3.63, 3.8) is 0 Å². The second-order valence-corrected chi connectivity index (χ2v) is 5.60. The molecule has 0 bridgehead atoms. The van der Waals surface area contributed by atoms with Crippen LogP contribution in [0.5, 0.6) is 0 Å². The summed E-state index contributed by atoms with van der Waals surface area (Å²) in [6.45, 7) is 7.88. The fourth-order valence-corrected chi connectivity index (χ4v) is 1.67. The highest BCUT2D eigenvalue weighted by Gasteiger charge is 2.16. The van der Waals surface area contributed by atoms with Crippen molar-refractivity contribution in [2.75, 3.05) is 26.2 Å². The molecule has 1 aromatic carbocycles. The highest BCUT2D eigenvalue weighted by molar-refractivity contribution is 5.81. The van der Waals surface area contributed by atoms with Gasteiger partial charge in [-0.1, -0.05) is 49.7 Å². The Morgan fingerprint density at radius 2 is 1.91 bits per heavy atom. The van der Waals surface area contributed by atoms with Crippen LogP contribution in [0.2, 0.25) is 0 Å². The van der Waals surface area contributed by atoms with Crippen LogP contribution in [0.25, 0.3) is 0 Å². The summed E-state index contributed by atoms with van der Waals surface area (Å²) in [7, 11) is 0. The predicted octanol–water partition coefficient (Wildman–Crippen LogP) is 1.05. The normalized spacial score (nSPS) is 11.5. The molecular weight excluding hydrogens is 278 g/mol. The van der Waals surface area contributed by atoms with E-state index in [9.17, 15) is 4.79 Å².